The van der Waals surface area contributed by atoms with Crippen molar-refractivity contribution >= 4 is 16.8 Å². The van der Waals surface area contributed by atoms with E-state index in [4.69, 9.17) is 0 Å². The Morgan fingerprint density at radius 3 is 2.63 bits per heavy atom. The van der Waals surface area contributed by atoms with E-state index in [2.05, 4.69) is 10.3 Å². The van der Waals surface area contributed by atoms with Crippen LogP contribution < -0.4 is 16.6 Å². The second kappa shape index (κ2) is 7.53. The number of rotatable bonds is 5. The Balaban J connectivity index is 1.73. The van der Waals surface area contributed by atoms with Gasteiger partial charge in [0, 0.05) is 13.0 Å². The summed E-state index contributed by atoms with van der Waals surface area (Å²) in [5.74, 6) is -2.31. The maximum atomic E-state index is 13.3. The van der Waals surface area contributed by atoms with Crippen molar-refractivity contribution in [3.8, 4) is 0 Å². The Kier molecular flexibility index (Phi) is 5.16. The fourth-order valence-corrected chi connectivity index (χ4v) is 2.86. The zero-order chi connectivity index (χ0) is 19.6. The average Bonchev–Trinajstić information content (AvgIpc) is 2.63. The van der Waals surface area contributed by atoms with Crippen molar-refractivity contribution in [2.24, 2.45) is 0 Å². The van der Waals surface area contributed by atoms with Gasteiger partial charge >= 0.3 is 5.69 Å². The lowest BCUT2D eigenvalue weighted by atomic mass is 10.1. The van der Waals surface area contributed by atoms with Crippen LogP contribution in [0.5, 0.6) is 0 Å². The third kappa shape index (κ3) is 3.94. The number of aromatic nitrogens is 2. The van der Waals surface area contributed by atoms with Crippen molar-refractivity contribution in [3.63, 3.8) is 0 Å². The summed E-state index contributed by atoms with van der Waals surface area (Å²) < 4.78 is 27.6. The zero-order valence-corrected chi connectivity index (χ0v) is 14.5. The molecule has 0 unspecified atom stereocenters. The Hall–Kier alpha value is -3.29. The molecule has 140 valence electrons. The minimum Gasteiger partial charge on any atom is -0.350 e. The molecular weight excluding hydrogens is 356 g/mol. The van der Waals surface area contributed by atoms with Crippen molar-refractivity contribution in [1.29, 1.82) is 0 Å². The highest BCUT2D eigenvalue weighted by atomic mass is 19.2. The summed E-state index contributed by atoms with van der Waals surface area (Å²) in [6.45, 7) is 1.71. The number of amides is 1. The topological polar surface area (TPSA) is 84.0 Å². The molecule has 27 heavy (non-hydrogen) atoms. The molecule has 1 atom stereocenters. The van der Waals surface area contributed by atoms with Crippen molar-refractivity contribution in [3.05, 3.63) is 80.5 Å². The van der Waals surface area contributed by atoms with E-state index in [1.54, 1.807) is 31.2 Å². The largest absolute Gasteiger partial charge is 0.350 e. The number of carbonyl (C=O) groups is 1. The number of aryl methyl sites for hydroxylation is 1. The molecule has 0 fully saturated rings. The van der Waals surface area contributed by atoms with E-state index >= 15 is 0 Å². The van der Waals surface area contributed by atoms with Crippen LogP contribution >= 0.6 is 0 Å². The molecule has 1 heterocycles. The lowest BCUT2D eigenvalue weighted by Crippen LogP contribution is -2.33. The molecule has 0 saturated carbocycles. The van der Waals surface area contributed by atoms with E-state index in [-0.39, 0.29) is 18.9 Å². The van der Waals surface area contributed by atoms with Crippen LogP contribution in [0.15, 0.2) is 52.1 Å². The molecular formula is C19H17F2N3O3. The molecule has 2 N–H and O–H groups in total. The number of hydrogen-bond donors (Lipinski definition) is 2. The standard InChI is InChI=1S/C19H17F2N3O3/c1-11(12-6-7-14(20)15(21)10-12)22-17(25)8-9-24-16-5-3-2-4-13(16)18(26)23-19(24)27/h2-7,10-11H,8-9H2,1H3,(H,22,25)(H,23,26,27)/t11-/m0/s1. The Labute approximate surface area is 152 Å². The van der Waals surface area contributed by atoms with Gasteiger partial charge in [0.2, 0.25) is 5.91 Å². The van der Waals surface area contributed by atoms with Crippen LogP contribution in [0.1, 0.15) is 24.9 Å². The predicted octanol–water partition coefficient (Wildman–Crippen LogP) is 2.24. The van der Waals surface area contributed by atoms with Gasteiger partial charge in [0.15, 0.2) is 11.6 Å². The highest BCUT2D eigenvalue weighted by Crippen LogP contribution is 2.16. The molecule has 0 radical (unpaired) electrons. The van der Waals surface area contributed by atoms with E-state index in [0.717, 1.165) is 12.1 Å². The van der Waals surface area contributed by atoms with Gasteiger partial charge in [0.25, 0.3) is 5.56 Å². The molecule has 1 aromatic heterocycles. The molecule has 2 aromatic carbocycles. The smallest absolute Gasteiger partial charge is 0.328 e. The molecule has 6 nitrogen and oxygen atoms in total. The minimum absolute atomic E-state index is 0.0238. The van der Waals surface area contributed by atoms with E-state index in [0.29, 0.717) is 16.5 Å². The first kappa shape index (κ1) is 18.5. The first-order valence-electron chi connectivity index (χ1n) is 8.33. The minimum atomic E-state index is -0.986. The second-order valence-electron chi connectivity index (χ2n) is 6.14. The SMILES string of the molecule is C[C@H](NC(=O)CCn1c(=O)[nH]c(=O)c2ccccc21)c1ccc(F)c(F)c1. The highest BCUT2D eigenvalue weighted by Gasteiger charge is 2.13. The summed E-state index contributed by atoms with van der Waals surface area (Å²) in [7, 11) is 0. The molecule has 0 saturated heterocycles. The van der Waals surface area contributed by atoms with Crippen LogP contribution in [0.2, 0.25) is 0 Å². The lowest BCUT2D eigenvalue weighted by molar-refractivity contribution is -0.121. The van der Waals surface area contributed by atoms with Crippen LogP contribution in [0.4, 0.5) is 8.78 Å². The van der Waals surface area contributed by atoms with Crippen LogP contribution in [0.25, 0.3) is 10.9 Å². The Morgan fingerprint density at radius 1 is 1.15 bits per heavy atom. The van der Waals surface area contributed by atoms with Gasteiger partial charge in [-0.05, 0) is 36.8 Å². The van der Waals surface area contributed by atoms with Gasteiger partial charge in [-0.3, -0.25) is 19.1 Å². The van der Waals surface area contributed by atoms with Crippen molar-refractivity contribution in [1.82, 2.24) is 14.9 Å². The number of halogens is 2. The Morgan fingerprint density at radius 2 is 1.89 bits per heavy atom. The van der Waals surface area contributed by atoms with Gasteiger partial charge in [-0.2, -0.15) is 0 Å². The summed E-state index contributed by atoms with van der Waals surface area (Å²) >= 11 is 0. The number of nitrogens with zero attached hydrogens (tertiary/aromatic N) is 1. The summed E-state index contributed by atoms with van der Waals surface area (Å²) in [4.78, 5) is 38.3. The molecule has 1 amide bonds. The van der Waals surface area contributed by atoms with Crippen molar-refractivity contribution in [2.75, 3.05) is 0 Å². The molecule has 0 bridgehead atoms. The number of hydrogen-bond acceptors (Lipinski definition) is 3. The predicted molar refractivity (Wildman–Crippen MR) is 96.4 cm³/mol. The molecule has 0 aliphatic rings. The van der Waals surface area contributed by atoms with Crippen LogP contribution in [-0.2, 0) is 11.3 Å². The number of H-pyrrole nitrogens is 1. The number of nitrogens with one attached hydrogen (secondary N) is 2. The number of benzene rings is 2. The van der Waals surface area contributed by atoms with Crippen LogP contribution in [0.3, 0.4) is 0 Å². The third-order valence-corrected chi connectivity index (χ3v) is 4.29. The monoisotopic (exact) mass is 373 g/mol. The molecule has 8 heteroatoms. The van der Waals surface area contributed by atoms with E-state index in [1.165, 1.54) is 10.6 Å². The summed E-state index contributed by atoms with van der Waals surface area (Å²) in [5, 5.41) is 3.03. The van der Waals surface area contributed by atoms with E-state index < -0.39 is 28.9 Å². The molecule has 3 aromatic rings. The van der Waals surface area contributed by atoms with Crippen LogP contribution in [-0.4, -0.2) is 15.5 Å². The van der Waals surface area contributed by atoms with Crippen molar-refractivity contribution < 1.29 is 13.6 Å². The number of para-hydroxylation sites is 1. The normalized spacial score (nSPS) is 12.1. The van der Waals surface area contributed by atoms with E-state index in [9.17, 15) is 23.2 Å². The fourth-order valence-electron chi connectivity index (χ4n) is 2.86. The first-order chi connectivity index (χ1) is 12.9. The lowest BCUT2D eigenvalue weighted by Gasteiger charge is -2.15. The van der Waals surface area contributed by atoms with Gasteiger partial charge in [-0.25, -0.2) is 13.6 Å². The van der Waals surface area contributed by atoms with Gasteiger partial charge in [-0.15, -0.1) is 0 Å². The average molecular weight is 373 g/mol. The molecule has 0 aliphatic heterocycles. The zero-order valence-electron chi connectivity index (χ0n) is 14.5. The van der Waals surface area contributed by atoms with Gasteiger partial charge in [0.1, 0.15) is 0 Å². The van der Waals surface area contributed by atoms with Crippen LogP contribution in [0, 0.1) is 11.6 Å². The maximum Gasteiger partial charge on any atom is 0.328 e. The summed E-state index contributed by atoms with van der Waals surface area (Å²) in [6.07, 6.45) is -0.0238. The van der Waals surface area contributed by atoms with Gasteiger partial charge in [-0.1, -0.05) is 18.2 Å². The Bertz CT molecular complexity index is 1120. The van der Waals surface area contributed by atoms with Crippen molar-refractivity contribution in [2.45, 2.75) is 25.9 Å². The molecule has 0 aliphatic carbocycles. The van der Waals surface area contributed by atoms with E-state index in [1.807, 2.05) is 0 Å². The fraction of sp³-hybridized carbons (Fsp3) is 0.211. The molecule has 3 rings (SSSR count). The van der Waals surface area contributed by atoms with Gasteiger partial charge < -0.3 is 5.32 Å². The second-order valence-corrected chi connectivity index (χ2v) is 6.14. The van der Waals surface area contributed by atoms with Gasteiger partial charge in [0.05, 0.1) is 16.9 Å². The first-order valence-corrected chi connectivity index (χ1v) is 8.33. The quantitative estimate of drug-likeness (QED) is 0.719. The summed E-state index contributed by atoms with van der Waals surface area (Å²) in [5.41, 5.74) is -0.218. The summed E-state index contributed by atoms with van der Waals surface area (Å²) in [6, 6.07) is 9.49. The number of aromatic amines is 1. The third-order valence-electron chi connectivity index (χ3n) is 4.29. The number of fused-ring (bicyclic) bond motifs is 1. The highest BCUT2D eigenvalue weighted by molar-refractivity contribution is 5.79. The maximum absolute atomic E-state index is 13.3. The number of carbonyl (C=O) groups excluding carboxylic acids is 1. The molecule has 0 spiro atoms.